The second-order valence-corrected chi connectivity index (χ2v) is 1.31. The maximum absolute atomic E-state index is 10.2. The molecule has 0 aromatic carbocycles. The van der Waals surface area contributed by atoms with Gasteiger partial charge >= 0.3 is 5.91 Å². The van der Waals surface area contributed by atoms with E-state index >= 15 is 0 Å². The van der Waals surface area contributed by atoms with Crippen molar-refractivity contribution in [3.8, 4) is 0 Å². The summed E-state index contributed by atoms with van der Waals surface area (Å²) in [7, 11) is 0. The van der Waals surface area contributed by atoms with Crippen molar-refractivity contribution in [3.63, 3.8) is 0 Å². The summed E-state index contributed by atoms with van der Waals surface area (Å²) in [5.74, 6) is -1.24. The Morgan fingerprint density at radius 2 is 2.12 bits per heavy atom. The maximum atomic E-state index is 10.2. The van der Waals surface area contributed by atoms with Crippen LogP contribution in [-0.4, -0.2) is 17.9 Å². The van der Waals surface area contributed by atoms with Gasteiger partial charge < -0.3 is 0 Å². The lowest BCUT2D eigenvalue weighted by Gasteiger charge is -1.87. The molecule has 1 aliphatic rings. The Morgan fingerprint density at radius 1 is 1.38 bits per heavy atom. The van der Waals surface area contributed by atoms with Crippen LogP contribution in [0.2, 0.25) is 0 Å². The summed E-state index contributed by atoms with van der Waals surface area (Å²) in [4.78, 5) is 23.6. The summed E-state index contributed by atoms with van der Waals surface area (Å²) in [5.41, 5.74) is 0. The van der Waals surface area contributed by atoms with E-state index in [1.807, 2.05) is 0 Å². The van der Waals surface area contributed by atoms with Crippen molar-refractivity contribution in [1.82, 2.24) is 0 Å². The molecule has 0 N–H and O–H groups in total. The molecule has 1 aliphatic heterocycles. The highest BCUT2D eigenvalue weighted by molar-refractivity contribution is 6.43. The molecule has 0 saturated heterocycles. The van der Waals surface area contributed by atoms with Crippen LogP contribution in [0, 0.1) is 0 Å². The molecule has 1 amide bonds. The normalized spacial score (nSPS) is 17.5. The van der Waals surface area contributed by atoms with Crippen molar-refractivity contribution in [2.45, 2.75) is 0 Å². The van der Waals surface area contributed by atoms with E-state index in [1.54, 1.807) is 0 Å². The second-order valence-electron chi connectivity index (χ2n) is 1.31. The zero-order valence-corrected chi connectivity index (χ0v) is 4.00. The van der Waals surface area contributed by atoms with Crippen LogP contribution in [-0.2, 0) is 9.59 Å². The summed E-state index contributed by atoms with van der Waals surface area (Å²) >= 11 is 0. The fourth-order valence-corrected chi connectivity index (χ4v) is 0.376. The molecule has 1 rings (SSSR count). The number of carbonyl (C=O) groups excluding carboxylic acids is 2. The largest absolute Gasteiger partial charge is 0.317 e. The Balaban J connectivity index is 2.89. The van der Waals surface area contributed by atoms with Crippen LogP contribution in [0.4, 0.5) is 0 Å². The van der Waals surface area contributed by atoms with Gasteiger partial charge in [0.05, 0.1) is 0 Å². The van der Waals surface area contributed by atoms with E-state index in [9.17, 15) is 9.59 Å². The Labute approximate surface area is 45.7 Å². The monoisotopic (exact) mass is 109 g/mol. The summed E-state index contributed by atoms with van der Waals surface area (Å²) in [6, 6.07) is 0. The van der Waals surface area contributed by atoms with Gasteiger partial charge in [0.15, 0.2) is 0 Å². The molecule has 0 bridgehead atoms. The predicted octanol–water partition coefficient (Wildman–Crippen LogP) is -0.277. The number of aliphatic imine (C=N–C) groups is 1. The summed E-state index contributed by atoms with van der Waals surface area (Å²) in [5, 5.41) is 0. The average molecular weight is 109 g/mol. The SMILES string of the molecule is O=C1C=CC=NC1=O. The maximum Gasteiger partial charge on any atom is 0.317 e. The molecular formula is C5H3NO2. The topological polar surface area (TPSA) is 46.5 Å². The van der Waals surface area contributed by atoms with Crippen molar-refractivity contribution in [2.24, 2.45) is 4.99 Å². The molecule has 8 heavy (non-hydrogen) atoms. The van der Waals surface area contributed by atoms with Crippen LogP contribution < -0.4 is 0 Å². The van der Waals surface area contributed by atoms with Crippen LogP contribution in [0.3, 0.4) is 0 Å². The lowest BCUT2D eigenvalue weighted by atomic mass is 10.3. The van der Waals surface area contributed by atoms with Crippen molar-refractivity contribution in [1.29, 1.82) is 0 Å². The zero-order chi connectivity index (χ0) is 5.98. The number of amides is 1. The van der Waals surface area contributed by atoms with Crippen LogP contribution in [0.5, 0.6) is 0 Å². The first-order chi connectivity index (χ1) is 3.80. The van der Waals surface area contributed by atoms with E-state index in [4.69, 9.17) is 0 Å². The number of hydrogen-bond donors (Lipinski definition) is 0. The lowest BCUT2D eigenvalue weighted by molar-refractivity contribution is -0.133. The number of dihydropyridines is 1. The van der Waals surface area contributed by atoms with Crippen LogP contribution in [0.15, 0.2) is 17.1 Å². The van der Waals surface area contributed by atoms with Gasteiger partial charge in [0.1, 0.15) is 0 Å². The third kappa shape index (κ3) is 0.703. The van der Waals surface area contributed by atoms with Gasteiger partial charge in [0, 0.05) is 6.21 Å². The molecule has 0 unspecified atom stereocenters. The first kappa shape index (κ1) is 4.90. The molecule has 0 aromatic heterocycles. The number of nitrogens with zero attached hydrogens (tertiary/aromatic N) is 1. The van der Waals surface area contributed by atoms with Crippen LogP contribution >= 0.6 is 0 Å². The highest BCUT2D eigenvalue weighted by atomic mass is 16.2. The van der Waals surface area contributed by atoms with E-state index in [2.05, 4.69) is 4.99 Å². The number of allylic oxidation sites excluding steroid dienone is 1. The summed E-state index contributed by atoms with van der Waals surface area (Å²) in [6.07, 6.45) is 3.92. The van der Waals surface area contributed by atoms with Crippen molar-refractivity contribution >= 4 is 17.9 Å². The number of hydrogen-bond acceptors (Lipinski definition) is 2. The fourth-order valence-electron chi connectivity index (χ4n) is 0.376. The molecular weight excluding hydrogens is 106 g/mol. The molecule has 0 fully saturated rings. The predicted molar refractivity (Wildman–Crippen MR) is 27.6 cm³/mol. The van der Waals surface area contributed by atoms with Gasteiger partial charge in [0.25, 0.3) is 0 Å². The highest BCUT2D eigenvalue weighted by Crippen LogP contribution is 1.86. The molecule has 3 heteroatoms. The van der Waals surface area contributed by atoms with E-state index in [-0.39, 0.29) is 0 Å². The number of ketones is 1. The van der Waals surface area contributed by atoms with Crippen molar-refractivity contribution < 1.29 is 9.59 Å². The second kappa shape index (κ2) is 1.69. The summed E-state index contributed by atoms with van der Waals surface area (Å²) in [6.45, 7) is 0. The fraction of sp³-hybridized carbons (Fsp3) is 0. The van der Waals surface area contributed by atoms with Crippen molar-refractivity contribution in [2.75, 3.05) is 0 Å². The number of carbonyl (C=O) groups is 2. The zero-order valence-electron chi connectivity index (χ0n) is 4.00. The summed E-state index contributed by atoms with van der Waals surface area (Å²) < 4.78 is 0. The van der Waals surface area contributed by atoms with Gasteiger partial charge in [-0.05, 0) is 12.2 Å². The first-order valence-electron chi connectivity index (χ1n) is 2.10. The molecule has 0 spiro atoms. The molecule has 0 aliphatic carbocycles. The van der Waals surface area contributed by atoms with Gasteiger partial charge in [-0.25, -0.2) is 4.99 Å². The smallest absolute Gasteiger partial charge is 0.284 e. The van der Waals surface area contributed by atoms with Gasteiger partial charge in [-0.2, -0.15) is 0 Å². The van der Waals surface area contributed by atoms with Gasteiger partial charge in [-0.15, -0.1) is 0 Å². The standard InChI is InChI=1S/C5H3NO2/c7-4-2-1-3-6-5(4)8/h1-3H. The Hall–Kier alpha value is -1.25. The minimum Gasteiger partial charge on any atom is -0.284 e. The minimum absolute atomic E-state index is 0.549. The Morgan fingerprint density at radius 3 is 2.50 bits per heavy atom. The van der Waals surface area contributed by atoms with E-state index < -0.39 is 11.7 Å². The van der Waals surface area contributed by atoms with Gasteiger partial charge in [-0.1, -0.05) is 0 Å². The van der Waals surface area contributed by atoms with Crippen LogP contribution in [0.25, 0.3) is 0 Å². The molecule has 40 valence electrons. The molecule has 0 atom stereocenters. The molecule has 0 saturated carbocycles. The first-order valence-corrected chi connectivity index (χ1v) is 2.10. The minimum atomic E-state index is -0.687. The van der Waals surface area contributed by atoms with Crippen molar-refractivity contribution in [3.05, 3.63) is 12.2 Å². The molecule has 0 aromatic rings. The molecule has 1 heterocycles. The Kier molecular flexibility index (Phi) is 1.04. The van der Waals surface area contributed by atoms with Gasteiger partial charge in [0.2, 0.25) is 5.78 Å². The van der Waals surface area contributed by atoms with E-state index in [0.29, 0.717) is 0 Å². The third-order valence-electron chi connectivity index (χ3n) is 0.736. The number of rotatable bonds is 0. The van der Waals surface area contributed by atoms with Gasteiger partial charge in [-0.3, -0.25) is 9.59 Å². The van der Waals surface area contributed by atoms with Crippen LogP contribution in [0.1, 0.15) is 0 Å². The molecule has 3 nitrogen and oxygen atoms in total. The quantitative estimate of drug-likeness (QED) is 0.402. The van der Waals surface area contributed by atoms with E-state index in [1.165, 1.54) is 18.4 Å². The average Bonchev–Trinajstić information content (AvgIpc) is 1.77. The lowest BCUT2D eigenvalue weighted by Crippen LogP contribution is -2.10. The third-order valence-corrected chi connectivity index (χ3v) is 0.736. The molecule has 0 radical (unpaired) electrons. The highest BCUT2D eigenvalue weighted by Gasteiger charge is 2.08. The van der Waals surface area contributed by atoms with E-state index in [0.717, 1.165) is 0 Å². The Bertz CT molecular complexity index is 169.